The number of alkyl halides is 3. The van der Waals surface area contributed by atoms with E-state index in [1.54, 1.807) is 20.8 Å². The highest BCUT2D eigenvalue weighted by Crippen LogP contribution is 2.25. The van der Waals surface area contributed by atoms with E-state index in [0.29, 0.717) is 5.56 Å². The van der Waals surface area contributed by atoms with Crippen LogP contribution < -0.4 is 5.73 Å². The zero-order valence-corrected chi connectivity index (χ0v) is 11.8. The second kappa shape index (κ2) is 6.54. The van der Waals surface area contributed by atoms with E-state index >= 15 is 0 Å². The maximum Gasteiger partial charge on any atom is 0.401 e. The number of hydrogen-bond donors (Lipinski definition) is 1. The highest BCUT2D eigenvalue weighted by atomic mass is 19.4. The Hall–Kier alpha value is -1.14. The van der Waals surface area contributed by atoms with E-state index in [4.69, 9.17) is 5.73 Å². The van der Waals surface area contributed by atoms with Crippen LogP contribution in [0.2, 0.25) is 0 Å². The fourth-order valence-corrected chi connectivity index (χ4v) is 2.17. The van der Waals surface area contributed by atoms with Gasteiger partial charge in [-0.3, -0.25) is 4.90 Å². The highest BCUT2D eigenvalue weighted by molar-refractivity contribution is 5.21. The Kier molecular flexibility index (Phi) is 5.53. The molecule has 0 aromatic heterocycles. The molecule has 20 heavy (non-hydrogen) atoms. The maximum absolute atomic E-state index is 12.9. The van der Waals surface area contributed by atoms with Gasteiger partial charge in [0.2, 0.25) is 0 Å². The molecular weight excluding hydrogens is 272 g/mol. The topological polar surface area (TPSA) is 29.3 Å². The van der Waals surface area contributed by atoms with Crippen molar-refractivity contribution in [2.75, 3.05) is 6.54 Å². The lowest BCUT2D eigenvalue weighted by Gasteiger charge is -2.36. The van der Waals surface area contributed by atoms with Crippen LogP contribution in [0.25, 0.3) is 0 Å². The van der Waals surface area contributed by atoms with Crippen molar-refractivity contribution in [3.8, 4) is 0 Å². The van der Waals surface area contributed by atoms with Crippen molar-refractivity contribution >= 4 is 0 Å². The molecule has 0 spiro atoms. The molecule has 0 aliphatic carbocycles. The van der Waals surface area contributed by atoms with E-state index in [9.17, 15) is 17.6 Å². The average molecular weight is 292 g/mol. The van der Waals surface area contributed by atoms with Gasteiger partial charge in [-0.15, -0.1) is 0 Å². The summed E-state index contributed by atoms with van der Waals surface area (Å²) in [6.45, 7) is 4.03. The summed E-state index contributed by atoms with van der Waals surface area (Å²) in [5, 5.41) is 0. The van der Waals surface area contributed by atoms with Crippen molar-refractivity contribution < 1.29 is 17.6 Å². The van der Waals surface area contributed by atoms with E-state index < -0.39 is 30.6 Å². The summed E-state index contributed by atoms with van der Waals surface area (Å²) in [7, 11) is 0. The molecule has 0 fully saturated rings. The molecule has 0 aliphatic heterocycles. The summed E-state index contributed by atoms with van der Waals surface area (Å²) in [5.74, 6) is -0.399. The van der Waals surface area contributed by atoms with Gasteiger partial charge >= 0.3 is 6.18 Å². The number of benzene rings is 1. The Morgan fingerprint density at radius 1 is 1.10 bits per heavy atom. The largest absolute Gasteiger partial charge is 0.401 e. The summed E-state index contributed by atoms with van der Waals surface area (Å²) in [5.41, 5.74) is 6.63. The molecule has 0 heterocycles. The molecule has 114 valence electrons. The van der Waals surface area contributed by atoms with E-state index in [0.717, 1.165) is 0 Å². The van der Waals surface area contributed by atoms with Gasteiger partial charge < -0.3 is 5.73 Å². The van der Waals surface area contributed by atoms with Gasteiger partial charge in [0.05, 0.1) is 6.54 Å². The van der Waals surface area contributed by atoms with Crippen molar-refractivity contribution in [1.29, 1.82) is 0 Å². The smallest absolute Gasteiger partial charge is 0.323 e. The third kappa shape index (κ3) is 4.76. The molecule has 2 N–H and O–H groups in total. The number of nitrogens with two attached hydrogens (primary N) is 1. The third-order valence-electron chi connectivity index (χ3n) is 3.32. The van der Waals surface area contributed by atoms with Crippen molar-refractivity contribution in [3.63, 3.8) is 0 Å². The van der Waals surface area contributed by atoms with Crippen LogP contribution in [0.1, 0.15) is 32.4 Å². The molecular formula is C14H20F4N2. The fraction of sp³-hybridized carbons (Fsp3) is 0.571. The van der Waals surface area contributed by atoms with Crippen molar-refractivity contribution in [2.45, 2.75) is 45.1 Å². The second-order valence-corrected chi connectivity index (χ2v) is 5.20. The van der Waals surface area contributed by atoms with Gasteiger partial charge in [-0.1, -0.05) is 12.1 Å². The standard InChI is InChI=1S/C14H20F4N2/c1-9(2)20(8-14(16,17)18)10(3)13(19)11-4-6-12(15)7-5-11/h4-7,9-10,13H,8,19H2,1-3H3. The lowest BCUT2D eigenvalue weighted by atomic mass is 9.99. The summed E-state index contributed by atoms with van der Waals surface area (Å²) in [6.07, 6.45) is -4.28. The Morgan fingerprint density at radius 2 is 1.60 bits per heavy atom. The molecule has 0 saturated heterocycles. The summed E-state index contributed by atoms with van der Waals surface area (Å²) in [6, 6.07) is 4.10. The van der Waals surface area contributed by atoms with Gasteiger partial charge in [0, 0.05) is 18.1 Å². The lowest BCUT2D eigenvalue weighted by Crippen LogP contribution is -2.48. The molecule has 1 aromatic rings. The van der Waals surface area contributed by atoms with Crippen LogP contribution in [-0.4, -0.2) is 29.7 Å². The molecule has 1 aromatic carbocycles. The molecule has 2 nitrogen and oxygen atoms in total. The monoisotopic (exact) mass is 292 g/mol. The first kappa shape index (κ1) is 16.9. The normalized spacial score (nSPS) is 15.7. The summed E-state index contributed by atoms with van der Waals surface area (Å²) >= 11 is 0. The van der Waals surface area contributed by atoms with Crippen molar-refractivity contribution in [1.82, 2.24) is 4.90 Å². The molecule has 0 bridgehead atoms. The van der Waals surface area contributed by atoms with Gasteiger partial charge in [0.25, 0.3) is 0 Å². The second-order valence-electron chi connectivity index (χ2n) is 5.20. The minimum atomic E-state index is -4.28. The number of halogens is 4. The summed E-state index contributed by atoms with van der Waals surface area (Å²) < 4.78 is 50.7. The van der Waals surface area contributed by atoms with Crippen LogP contribution in [0, 0.1) is 5.82 Å². The van der Waals surface area contributed by atoms with Crippen LogP contribution in [0.3, 0.4) is 0 Å². The van der Waals surface area contributed by atoms with E-state index in [1.807, 2.05) is 0 Å². The zero-order chi connectivity index (χ0) is 15.5. The predicted molar refractivity (Wildman–Crippen MR) is 70.7 cm³/mol. The number of nitrogens with zero attached hydrogens (tertiary/aromatic N) is 1. The fourth-order valence-electron chi connectivity index (χ4n) is 2.17. The Balaban J connectivity index is 2.88. The van der Waals surface area contributed by atoms with Gasteiger partial charge in [-0.25, -0.2) is 4.39 Å². The molecule has 2 unspecified atom stereocenters. The predicted octanol–water partition coefficient (Wildman–Crippen LogP) is 3.49. The van der Waals surface area contributed by atoms with Crippen molar-refractivity contribution in [2.24, 2.45) is 5.73 Å². The maximum atomic E-state index is 12.9. The summed E-state index contributed by atoms with van der Waals surface area (Å²) in [4.78, 5) is 1.30. The van der Waals surface area contributed by atoms with Gasteiger partial charge in [-0.2, -0.15) is 13.2 Å². The molecule has 0 amide bonds. The number of hydrogen-bond acceptors (Lipinski definition) is 2. The minimum Gasteiger partial charge on any atom is -0.323 e. The van der Waals surface area contributed by atoms with Crippen LogP contribution in [0.15, 0.2) is 24.3 Å². The minimum absolute atomic E-state index is 0.293. The first-order valence-electron chi connectivity index (χ1n) is 6.45. The van der Waals surface area contributed by atoms with Crippen LogP contribution in [0.5, 0.6) is 0 Å². The molecule has 2 atom stereocenters. The quantitative estimate of drug-likeness (QED) is 0.842. The average Bonchev–Trinajstić information content (AvgIpc) is 2.34. The van der Waals surface area contributed by atoms with Crippen LogP contribution in [0.4, 0.5) is 17.6 Å². The van der Waals surface area contributed by atoms with E-state index in [1.165, 1.54) is 29.2 Å². The van der Waals surface area contributed by atoms with E-state index in [2.05, 4.69) is 0 Å². The Bertz CT molecular complexity index is 414. The van der Waals surface area contributed by atoms with Gasteiger partial charge in [-0.05, 0) is 38.5 Å². The van der Waals surface area contributed by atoms with Crippen molar-refractivity contribution in [3.05, 3.63) is 35.6 Å². The highest BCUT2D eigenvalue weighted by Gasteiger charge is 2.35. The van der Waals surface area contributed by atoms with E-state index in [-0.39, 0.29) is 6.04 Å². The lowest BCUT2D eigenvalue weighted by molar-refractivity contribution is -0.155. The Labute approximate surface area is 116 Å². The third-order valence-corrected chi connectivity index (χ3v) is 3.32. The zero-order valence-electron chi connectivity index (χ0n) is 11.8. The van der Waals surface area contributed by atoms with Gasteiger partial charge in [0.15, 0.2) is 0 Å². The molecule has 1 rings (SSSR count). The molecule has 0 saturated carbocycles. The number of rotatable bonds is 5. The van der Waals surface area contributed by atoms with Gasteiger partial charge in [0.1, 0.15) is 5.82 Å². The van der Waals surface area contributed by atoms with Crippen LogP contribution >= 0.6 is 0 Å². The Morgan fingerprint density at radius 3 is 2.00 bits per heavy atom. The molecule has 6 heteroatoms. The molecule has 0 aliphatic rings. The van der Waals surface area contributed by atoms with Crippen LogP contribution in [-0.2, 0) is 0 Å². The molecule has 0 radical (unpaired) electrons. The first-order chi connectivity index (χ1) is 9.11. The first-order valence-corrected chi connectivity index (χ1v) is 6.45. The SMILES string of the molecule is CC(C)N(CC(F)(F)F)C(C)C(N)c1ccc(F)cc1.